The number of benzene rings is 1. The molecule has 1 atom stereocenters. The number of aliphatic carboxylic acids is 1. The highest BCUT2D eigenvalue weighted by Crippen LogP contribution is 2.28. The van der Waals surface area contributed by atoms with Crippen LogP contribution in [0.2, 0.25) is 0 Å². The van der Waals surface area contributed by atoms with Gasteiger partial charge in [0.25, 0.3) is 0 Å². The van der Waals surface area contributed by atoms with Gasteiger partial charge in [0.1, 0.15) is 5.75 Å². The molecule has 0 spiro atoms. The van der Waals surface area contributed by atoms with Gasteiger partial charge in [-0.25, -0.2) is 0 Å². The molecule has 1 rings (SSSR count). The van der Waals surface area contributed by atoms with Crippen molar-refractivity contribution < 1.29 is 15.0 Å². The molecular weight excluding hydrogens is 236 g/mol. The summed E-state index contributed by atoms with van der Waals surface area (Å²) in [6, 6.07) is 4.55. The van der Waals surface area contributed by atoms with Crippen LogP contribution in [0.15, 0.2) is 22.7 Å². The topological polar surface area (TPSA) is 57.5 Å². The first-order valence-electron chi connectivity index (χ1n) is 3.73. The van der Waals surface area contributed by atoms with E-state index in [4.69, 9.17) is 10.2 Å². The van der Waals surface area contributed by atoms with E-state index in [-0.39, 0.29) is 5.75 Å². The largest absolute Gasteiger partial charge is 0.508 e. The number of rotatable bonds is 2. The van der Waals surface area contributed by atoms with Gasteiger partial charge in [-0.3, -0.25) is 4.79 Å². The van der Waals surface area contributed by atoms with Crippen molar-refractivity contribution in [1.29, 1.82) is 0 Å². The zero-order chi connectivity index (χ0) is 10.0. The van der Waals surface area contributed by atoms with Crippen molar-refractivity contribution >= 4 is 21.9 Å². The van der Waals surface area contributed by atoms with Crippen molar-refractivity contribution in [3.8, 4) is 5.75 Å². The van der Waals surface area contributed by atoms with E-state index < -0.39 is 11.9 Å². The molecule has 0 heterocycles. The van der Waals surface area contributed by atoms with Crippen LogP contribution < -0.4 is 0 Å². The molecule has 3 nitrogen and oxygen atoms in total. The fourth-order valence-corrected chi connectivity index (χ4v) is 1.71. The average molecular weight is 245 g/mol. The summed E-state index contributed by atoms with van der Waals surface area (Å²) < 4.78 is 0.613. The third kappa shape index (κ3) is 2.21. The minimum absolute atomic E-state index is 0.119. The van der Waals surface area contributed by atoms with Gasteiger partial charge < -0.3 is 10.2 Å². The van der Waals surface area contributed by atoms with Crippen molar-refractivity contribution in [1.82, 2.24) is 0 Å². The standard InChI is InChI=1S/C9H9BrO3/c1-5(9(12)13)7-3-2-6(11)4-8(7)10/h2-5,11H,1H3,(H,12,13). The molecular formula is C9H9BrO3. The Morgan fingerprint density at radius 2 is 2.15 bits per heavy atom. The Bertz CT molecular complexity index is 336. The number of carboxylic acid groups (broad SMARTS) is 1. The summed E-state index contributed by atoms with van der Waals surface area (Å²) in [5.74, 6) is -1.34. The maximum absolute atomic E-state index is 10.7. The number of carbonyl (C=O) groups is 1. The van der Waals surface area contributed by atoms with Crippen molar-refractivity contribution in [2.45, 2.75) is 12.8 Å². The molecule has 0 bridgehead atoms. The van der Waals surface area contributed by atoms with E-state index in [2.05, 4.69) is 15.9 Å². The van der Waals surface area contributed by atoms with Crippen molar-refractivity contribution in [2.24, 2.45) is 0 Å². The van der Waals surface area contributed by atoms with Crippen LogP contribution in [0.1, 0.15) is 18.4 Å². The van der Waals surface area contributed by atoms with Crippen LogP contribution in [0.4, 0.5) is 0 Å². The quantitative estimate of drug-likeness (QED) is 0.840. The van der Waals surface area contributed by atoms with E-state index in [1.165, 1.54) is 12.1 Å². The second kappa shape index (κ2) is 3.79. The lowest BCUT2D eigenvalue weighted by Gasteiger charge is -2.08. The summed E-state index contributed by atoms with van der Waals surface area (Å²) in [5.41, 5.74) is 0.658. The molecule has 0 radical (unpaired) electrons. The lowest BCUT2D eigenvalue weighted by Crippen LogP contribution is -2.07. The molecule has 1 unspecified atom stereocenters. The van der Waals surface area contributed by atoms with Crippen LogP contribution in [0, 0.1) is 0 Å². The number of aromatic hydroxyl groups is 1. The van der Waals surface area contributed by atoms with E-state index in [9.17, 15) is 4.79 Å². The number of hydrogen-bond donors (Lipinski definition) is 2. The van der Waals surface area contributed by atoms with Gasteiger partial charge >= 0.3 is 5.97 Å². The second-order valence-electron chi connectivity index (χ2n) is 2.77. The predicted octanol–water partition coefficient (Wildman–Crippen LogP) is 2.34. The van der Waals surface area contributed by atoms with Gasteiger partial charge in [0.15, 0.2) is 0 Å². The van der Waals surface area contributed by atoms with E-state index in [1.807, 2.05) is 0 Å². The number of hydrogen-bond acceptors (Lipinski definition) is 2. The summed E-state index contributed by atoms with van der Waals surface area (Å²) in [6.45, 7) is 1.60. The van der Waals surface area contributed by atoms with Gasteiger partial charge in [-0.05, 0) is 24.6 Å². The highest BCUT2D eigenvalue weighted by Gasteiger charge is 2.16. The Kier molecular flexibility index (Phi) is 2.93. The van der Waals surface area contributed by atoms with Gasteiger partial charge in [-0.15, -0.1) is 0 Å². The highest BCUT2D eigenvalue weighted by molar-refractivity contribution is 9.10. The summed E-state index contributed by atoms with van der Waals surface area (Å²) in [4.78, 5) is 10.7. The number of carboxylic acids is 1. The molecule has 0 aromatic heterocycles. The third-order valence-corrected chi connectivity index (χ3v) is 2.51. The van der Waals surface area contributed by atoms with Gasteiger partial charge in [-0.1, -0.05) is 22.0 Å². The monoisotopic (exact) mass is 244 g/mol. The normalized spacial score (nSPS) is 12.5. The van der Waals surface area contributed by atoms with Gasteiger partial charge in [0, 0.05) is 4.47 Å². The van der Waals surface area contributed by atoms with Crippen LogP contribution in [0.5, 0.6) is 5.75 Å². The predicted molar refractivity (Wildman–Crippen MR) is 51.9 cm³/mol. The first kappa shape index (κ1) is 10.1. The number of phenolic OH excluding ortho intramolecular Hbond substituents is 1. The van der Waals surface area contributed by atoms with E-state index in [0.717, 1.165) is 0 Å². The van der Waals surface area contributed by atoms with Gasteiger partial charge in [0.2, 0.25) is 0 Å². The maximum Gasteiger partial charge on any atom is 0.310 e. The smallest absolute Gasteiger partial charge is 0.310 e. The van der Waals surface area contributed by atoms with E-state index in [1.54, 1.807) is 13.0 Å². The second-order valence-corrected chi connectivity index (χ2v) is 3.62. The summed E-state index contributed by atoms with van der Waals surface area (Å²) in [6.07, 6.45) is 0. The van der Waals surface area contributed by atoms with Gasteiger partial charge in [-0.2, -0.15) is 0 Å². The molecule has 0 saturated heterocycles. The Balaban J connectivity index is 3.08. The minimum Gasteiger partial charge on any atom is -0.508 e. The Morgan fingerprint density at radius 3 is 2.62 bits per heavy atom. The van der Waals surface area contributed by atoms with E-state index in [0.29, 0.717) is 10.0 Å². The molecule has 0 aliphatic carbocycles. The van der Waals surface area contributed by atoms with E-state index >= 15 is 0 Å². The minimum atomic E-state index is -0.883. The zero-order valence-electron chi connectivity index (χ0n) is 6.99. The lowest BCUT2D eigenvalue weighted by atomic mass is 10.0. The fraction of sp³-hybridized carbons (Fsp3) is 0.222. The molecule has 13 heavy (non-hydrogen) atoms. The first-order valence-corrected chi connectivity index (χ1v) is 4.53. The molecule has 0 aliphatic rings. The average Bonchev–Trinajstić information content (AvgIpc) is 2.03. The molecule has 4 heteroatoms. The van der Waals surface area contributed by atoms with Crippen LogP contribution >= 0.6 is 15.9 Å². The summed E-state index contributed by atoms with van der Waals surface area (Å²) in [5, 5.41) is 17.8. The van der Waals surface area contributed by atoms with Crippen LogP contribution in [0.25, 0.3) is 0 Å². The Labute approximate surface area is 84.1 Å². The van der Waals surface area contributed by atoms with Crippen LogP contribution in [-0.4, -0.2) is 16.2 Å². The van der Waals surface area contributed by atoms with Crippen LogP contribution in [0.3, 0.4) is 0 Å². The fourth-order valence-electron chi connectivity index (χ4n) is 1.00. The first-order chi connectivity index (χ1) is 6.02. The summed E-state index contributed by atoms with van der Waals surface area (Å²) in [7, 11) is 0. The van der Waals surface area contributed by atoms with Gasteiger partial charge in [0.05, 0.1) is 5.92 Å². The number of phenols is 1. The molecule has 70 valence electrons. The third-order valence-electron chi connectivity index (χ3n) is 1.82. The highest BCUT2D eigenvalue weighted by atomic mass is 79.9. The molecule has 2 N–H and O–H groups in total. The molecule has 0 saturated carbocycles. The van der Waals surface area contributed by atoms with Crippen LogP contribution in [-0.2, 0) is 4.79 Å². The van der Waals surface area contributed by atoms with Crippen molar-refractivity contribution in [3.63, 3.8) is 0 Å². The maximum atomic E-state index is 10.7. The number of halogens is 1. The molecule has 0 amide bonds. The summed E-state index contributed by atoms with van der Waals surface area (Å²) >= 11 is 3.19. The van der Waals surface area contributed by atoms with Crippen molar-refractivity contribution in [3.05, 3.63) is 28.2 Å². The Morgan fingerprint density at radius 1 is 1.54 bits per heavy atom. The molecule has 0 fully saturated rings. The lowest BCUT2D eigenvalue weighted by molar-refractivity contribution is -0.138. The SMILES string of the molecule is CC(C(=O)O)c1ccc(O)cc1Br. The molecule has 1 aromatic rings. The molecule has 0 aliphatic heterocycles. The zero-order valence-corrected chi connectivity index (χ0v) is 8.58. The Hall–Kier alpha value is -1.03. The van der Waals surface area contributed by atoms with Crippen molar-refractivity contribution in [2.75, 3.05) is 0 Å². The molecule has 1 aromatic carbocycles.